The molecule has 1 aromatic heterocycles. The van der Waals surface area contributed by atoms with Crippen LogP contribution in [0.15, 0.2) is 24.5 Å². The van der Waals surface area contributed by atoms with Crippen molar-refractivity contribution >= 4 is 0 Å². The van der Waals surface area contributed by atoms with Gasteiger partial charge in [0.2, 0.25) is 0 Å². The van der Waals surface area contributed by atoms with Gasteiger partial charge in [-0.2, -0.15) is 0 Å². The maximum Gasteiger partial charge on any atom is 0.0898 e. The molecule has 0 saturated heterocycles. The van der Waals surface area contributed by atoms with E-state index in [2.05, 4.69) is 38.0 Å². The molecule has 0 amide bonds. The highest BCUT2D eigenvalue weighted by molar-refractivity contribution is 5.13. The Morgan fingerprint density at radius 3 is 2.45 bits per heavy atom. The normalized spacial score (nSPS) is 16.1. The van der Waals surface area contributed by atoms with Crippen molar-refractivity contribution in [3.8, 4) is 0 Å². The van der Waals surface area contributed by atoms with Crippen LogP contribution in [0, 0.1) is 5.92 Å². The molecule has 20 heavy (non-hydrogen) atoms. The quantitative estimate of drug-likeness (QED) is 0.730. The molecule has 2 N–H and O–H groups in total. The van der Waals surface area contributed by atoms with Crippen LogP contribution in [0.4, 0.5) is 0 Å². The molecule has 114 valence electrons. The third-order valence-electron chi connectivity index (χ3n) is 3.24. The molecule has 0 aliphatic rings. The first-order valence-electron chi connectivity index (χ1n) is 7.42. The fraction of sp³-hybridized carbons (Fsp3) is 0.688. The van der Waals surface area contributed by atoms with Gasteiger partial charge in [-0.05, 0) is 43.9 Å². The van der Waals surface area contributed by atoms with Crippen LogP contribution in [0.5, 0.6) is 0 Å². The first-order chi connectivity index (χ1) is 9.49. The van der Waals surface area contributed by atoms with Crippen molar-refractivity contribution in [3.05, 3.63) is 30.1 Å². The van der Waals surface area contributed by atoms with Crippen molar-refractivity contribution in [2.24, 2.45) is 5.92 Å². The van der Waals surface area contributed by atoms with Crippen molar-refractivity contribution in [3.63, 3.8) is 0 Å². The van der Waals surface area contributed by atoms with E-state index in [9.17, 15) is 5.11 Å². The van der Waals surface area contributed by atoms with Crippen molar-refractivity contribution in [2.45, 2.75) is 52.4 Å². The lowest BCUT2D eigenvalue weighted by molar-refractivity contribution is -0.00914. The summed E-state index contributed by atoms with van der Waals surface area (Å²) in [5.74, 6) is 0.618. The summed E-state index contributed by atoms with van der Waals surface area (Å²) in [6, 6.07) is 4.15. The van der Waals surface area contributed by atoms with Gasteiger partial charge < -0.3 is 15.2 Å². The standard InChI is InChI=1S/C16H28N2O2/c1-12(2)9-13(3)20-11-16(19)10-18-14(4)15-5-7-17-8-6-15/h5-8,12-14,16,18-19H,9-11H2,1-4H3. The number of pyridine rings is 1. The van der Waals surface area contributed by atoms with Gasteiger partial charge >= 0.3 is 0 Å². The molecule has 3 unspecified atom stereocenters. The van der Waals surface area contributed by atoms with E-state index in [-0.39, 0.29) is 12.1 Å². The number of aromatic nitrogens is 1. The second-order valence-corrected chi connectivity index (χ2v) is 5.84. The molecule has 0 saturated carbocycles. The number of hydrogen-bond donors (Lipinski definition) is 2. The minimum Gasteiger partial charge on any atom is -0.389 e. The third-order valence-corrected chi connectivity index (χ3v) is 3.24. The summed E-state index contributed by atoms with van der Waals surface area (Å²) < 4.78 is 5.65. The smallest absolute Gasteiger partial charge is 0.0898 e. The van der Waals surface area contributed by atoms with E-state index < -0.39 is 6.10 Å². The minimum absolute atomic E-state index is 0.195. The number of aliphatic hydroxyl groups excluding tert-OH is 1. The Kier molecular flexibility index (Phi) is 7.73. The van der Waals surface area contributed by atoms with E-state index in [0.29, 0.717) is 19.1 Å². The Morgan fingerprint density at radius 1 is 1.20 bits per heavy atom. The van der Waals surface area contributed by atoms with Crippen molar-refractivity contribution in [1.29, 1.82) is 0 Å². The first kappa shape index (κ1) is 17.1. The molecule has 0 aliphatic heterocycles. The molecule has 3 atom stereocenters. The molecule has 0 aromatic carbocycles. The van der Waals surface area contributed by atoms with Gasteiger partial charge in [0, 0.05) is 25.0 Å². The predicted octanol–water partition coefficient (Wildman–Crippen LogP) is 2.54. The molecule has 1 rings (SSSR count). The zero-order valence-corrected chi connectivity index (χ0v) is 13.0. The zero-order valence-electron chi connectivity index (χ0n) is 13.0. The number of nitrogens with one attached hydrogen (secondary N) is 1. The molecule has 4 heteroatoms. The van der Waals surface area contributed by atoms with E-state index in [1.165, 1.54) is 5.56 Å². The Bertz CT molecular complexity index is 357. The Balaban J connectivity index is 2.21. The zero-order chi connectivity index (χ0) is 15.0. The highest BCUT2D eigenvalue weighted by Gasteiger charge is 2.11. The molecule has 0 aliphatic carbocycles. The lowest BCUT2D eigenvalue weighted by atomic mass is 10.1. The topological polar surface area (TPSA) is 54.4 Å². The van der Waals surface area contributed by atoms with Gasteiger partial charge in [-0.15, -0.1) is 0 Å². The molecule has 0 fully saturated rings. The maximum atomic E-state index is 9.93. The summed E-state index contributed by atoms with van der Waals surface area (Å²) in [5.41, 5.74) is 1.17. The summed E-state index contributed by atoms with van der Waals surface area (Å²) in [6.45, 7) is 9.38. The summed E-state index contributed by atoms with van der Waals surface area (Å²) in [5, 5.41) is 13.2. The largest absolute Gasteiger partial charge is 0.389 e. The molecule has 1 aromatic rings. The number of hydrogen-bond acceptors (Lipinski definition) is 4. The summed E-state index contributed by atoms with van der Waals surface area (Å²) in [7, 11) is 0. The van der Waals surface area contributed by atoms with Gasteiger partial charge in [-0.25, -0.2) is 0 Å². The van der Waals surface area contributed by atoms with Gasteiger partial charge in [-0.3, -0.25) is 4.98 Å². The van der Waals surface area contributed by atoms with Crippen molar-refractivity contribution < 1.29 is 9.84 Å². The fourth-order valence-corrected chi connectivity index (χ4v) is 2.15. The number of ether oxygens (including phenoxy) is 1. The van der Waals surface area contributed by atoms with E-state index >= 15 is 0 Å². The van der Waals surface area contributed by atoms with Gasteiger partial charge in [-0.1, -0.05) is 13.8 Å². The van der Waals surface area contributed by atoms with Crippen LogP contribution >= 0.6 is 0 Å². The van der Waals surface area contributed by atoms with Gasteiger partial charge in [0.1, 0.15) is 0 Å². The van der Waals surface area contributed by atoms with E-state index in [1.54, 1.807) is 12.4 Å². The second kappa shape index (κ2) is 9.06. The molecule has 0 spiro atoms. The van der Waals surface area contributed by atoms with Crippen LogP contribution in [-0.4, -0.2) is 35.5 Å². The first-order valence-corrected chi connectivity index (χ1v) is 7.42. The van der Waals surface area contributed by atoms with Crippen molar-refractivity contribution in [1.82, 2.24) is 10.3 Å². The lowest BCUT2D eigenvalue weighted by Gasteiger charge is -2.20. The Labute approximate surface area is 122 Å². The average molecular weight is 280 g/mol. The minimum atomic E-state index is -0.478. The molecule has 0 radical (unpaired) electrons. The van der Waals surface area contributed by atoms with Crippen LogP contribution in [0.1, 0.15) is 45.7 Å². The van der Waals surface area contributed by atoms with E-state index in [0.717, 1.165) is 6.42 Å². The number of rotatable bonds is 9. The van der Waals surface area contributed by atoms with Gasteiger partial charge in [0.15, 0.2) is 0 Å². The maximum absolute atomic E-state index is 9.93. The van der Waals surface area contributed by atoms with Crippen LogP contribution in [-0.2, 0) is 4.74 Å². The molecular weight excluding hydrogens is 252 g/mol. The lowest BCUT2D eigenvalue weighted by Crippen LogP contribution is -2.33. The SMILES string of the molecule is CC(C)CC(C)OCC(O)CNC(C)c1ccncc1. The second-order valence-electron chi connectivity index (χ2n) is 5.84. The molecule has 1 heterocycles. The van der Waals surface area contributed by atoms with Gasteiger partial charge in [0.25, 0.3) is 0 Å². The number of nitrogens with zero attached hydrogens (tertiary/aromatic N) is 1. The average Bonchev–Trinajstić information content (AvgIpc) is 2.42. The predicted molar refractivity (Wildman–Crippen MR) is 81.5 cm³/mol. The van der Waals surface area contributed by atoms with E-state index in [1.807, 2.05) is 12.1 Å². The Morgan fingerprint density at radius 2 is 1.85 bits per heavy atom. The summed E-state index contributed by atoms with van der Waals surface area (Å²) in [6.07, 6.45) is 4.30. The Hall–Kier alpha value is -0.970. The van der Waals surface area contributed by atoms with Crippen LogP contribution in [0.2, 0.25) is 0 Å². The highest BCUT2D eigenvalue weighted by atomic mass is 16.5. The monoisotopic (exact) mass is 280 g/mol. The van der Waals surface area contributed by atoms with Crippen molar-refractivity contribution in [2.75, 3.05) is 13.2 Å². The molecular formula is C16H28N2O2. The molecule has 4 nitrogen and oxygen atoms in total. The van der Waals surface area contributed by atoms with Gasteiger partial charge in [0.05, 0.1) is 18.8 Å². The fourth-order valence-electron chi connectivity index (χ4n) is 2.15. The molecule has 0 bridgehead atoms. The van der Waals surface area contributed by atoms with Crippen LogP contribution in [0.3, 0.4) is 0 Å². The third kappa shape index (κ3) is 6.98. The summed E-state index contributed by atoms with van der Waals surface area (Å²) in [4.78, 5) is 4.00. The van der Waals surface area contributed by atoms with E-state index in [4.69, 9.17) is 4.74 Å². The summed E-state index contributed by atoms with van der Waals surface area (Å²) >= 11 is 0. The van der Waals surface area contributed by atoms with Crippen LogP contribution < -0.4 is 5.32 Å². The number of aliphatic hydroxyl groups is 1. The van der Waals surface area contributed by atoms with Crippen LogP contribution in [0.25, 0.3) is 0 Å². The highest BCUT2D eigenvalue weighted by Crippen LogP contribution is 2.10.